The minimum Gasteiger partial charge on any atom is -0.481 e. The summed E-state index contributed by atoms with van der Waals surface area (Å²) in [5.74, 6) is 5.04. The highest BCUT2D eigenvalue weighted by Gasteiger charge is 2.54. The first kappa shape index (κ1) is 26.5. The fourth-order valence-corrected chi connectivity index (χ4v) is 3.92. The standard InChI is InChI=1S/C25H42O5/c1-2-3-4-5-6-7-8-9-10-11-12-14-20-25(21-15-13-18-23(26)27)22(30-25)17-16-19-24(28)29/h22H,2-13,15-19,21H2,1H3,(H,26,27)(H,28,29). The molecule has 5 nitrogen and oxygen atoms in total. The molecule has 1 heterocycles. The zero-order valence-corrected chi connectivity index (χ0v) is 18.9. The average Bonchev–Trinajstić information content (AvgIpc) is 3.38. The fourth-order valence-electron chi connectivity index (χ4n) is 3.92. The predicted molar refractivity (Wildman–Crippen MR) is 119 cm³/mol. The van der Waals surface area contributed by atoms with Gasteiger partial charge < -0.3 is 14.9 Å². The summed E-state index contributed by atoms with van der Waals surface area (Å²) in [6, 6.07) is 0. The number of epoxide rings is 1. The quantitative estimate of drug-likeness (QED) is 0.144. The van der Waals surface area contributed by atoms with Crippen LogP contribution in [0.2, 0.25) is 0 Å². The first-order valence-corrected chi connectivity index (χ1v) is 12.1. The van der Waals surface area contributed by atoms with E-state index in [4.69, 9.17) is 14.9 Å². The second-order valence-electron chi connectivity index (χ2n) is 8.62. The van der Waals surface area contributed by atoms with E-state index in [1.165, 1.54) is 57.8 Å². The van der Waals surface area contributed by atoms with E-state index in [1.54, 1.807) is 0 Å². The maximum atomic E-state index is 10.7. The van der Waals surface area contributed by atoms with Gasteiger partial charge in [0.2, 0.25) is 0 Å². The van der Waals surface area contributed by atoms with Crippen LogP contribution in [-0.4, -0.2) is 33.9 Å². The number of rotatable bonds is 19. The maximum Gasteiger partial charge on any atom is 0.303 e. The third-order valence-corrected chi connectivity index (χ3v) is 5.82. The Bertz CT molecular complexity index is 547. The topological polar surface area (TPSA) is 87.1 Å². The summed E-state index contributed by atoms with van der Waals surface area (Å²) in [5.41, 5.74) is -0.463. The molecule has 1 aliphatic rings. The van der Waals surface area contributed by atoms with Gasteiger partial charge in [0, 0.05) is 19.3 Å². The number of carboxylic acid groups (broad SMARTS) is 2. The van der Waals surface area contributed by atoms with Crippen LogP contribution >= 0.6 is 0 Å². The molecule has 1 rings (SSSR count). The normalized spacial score (nSPS) is 19.8. The lowest BCUT2D eigenvalue weighted by atomic mass is 9.94. The van der Waals surface area contributed by atoms with Gasteiger partial charge in [-0.2, -0.15) is 0 Å². The molecule has 1 fully saturated rings. The molecule has 0 aliphatic carbocycles. The minimum absolute atomic E-state index is 0.00175. The number of hydrogen-bond donors (Lipinski definition) is 2. The second kappa shape index (κ2) is 16.2. The summed E-state index contributed by atoms with van der Waals surface area (Å²) < 4.78 is 5.88. The molecule has 0 aromatic heterocycles. The monoisotopic (exact) mass is 422 g/mol. The molecular weight excluding hydrogens is 380 g/mol. The summed E-state index contributed by atoms with van der Waals surface area (Å²) in [6.45, 7) is 2.25. The van der Waals surface area contributed by atoms with Crippen LogP contribution < -0.4 is 0 Å². The average molecular weight is 423 g/mol. The van der Waals surface area contributed by atoms with E-state index in [1.807, 2.05) is 0 Å². The summed E-state index contributed by atoms with van der Waals surface area (Å²) >= 11 is 0. The lowest BCUT2D eigenvalue weighted by molar-refractivity contribution is -0.138. The van der Waals surface area contributed by atoms with Crippen molar-refractivity contribution in [3.05, 3.63) is 0 Å². The SMILES string of the molecule is CCCCCCCCCCCCC#CC1(CCCCC(=O)O)OC1CCCC(=O)O. The molecular formula is C25H42O5. The van der Waals surface area contributed by atoms with Gasteiger partial charge in [0.15, 0.2) is 5.60 Å². The van der Waals surface area contributed by atoms with E-state index in [9.17, 15) is 9.59 Å². The van der Waals surface area contributed by atoms with E-state index < -0.39 is 17.5 Å². The lowest BCUT2D eigenvalue weighted by Gasteiger charge is -2.05. The molecule has 2 atom stereocenters. The summed E-state index contributed by atoms with van der Waals surface area (Å²) in [7, 11) is 0. The summed E-state index contributed by atoms with van der Waals surface area (Å²) in [5, 5.41) is 17.6. The van der Waals surface area contributed by atoms with Crippen LogP contribution in [-0.2, 0) is 14.3 Å². The highest BCUT2D eigenvalue weighted by atomic mass is 16.6. The number of ether oxygens (including phenoxy) is 1. The Morgan fingerprint density at radius 1 is 0.800 bits per heavy atom. The van der Waals surface area contributed by atoms with Crippen LogP contribution in [0.1, 0.15) is 122 Å². The van der Waals surface area contributed by atoms with Crippen LogP contribution in [0.5, 0.6) is 0 Å². The van der Waals surface area contributed by atoms with Crippen LogP contribution in [0.15, 0.2) is 0 Å². The van der Waals surface area contributed by atoms with Crippen molar-refractivity contribution < 1.29 is 24.5 Å². The number of carbonyl (C=O) groups is 2. The molecule has 2 unspecified atom stereocenters. The summed E-state index contributed by atoms with van der Waals surface area (Å²) in [6.07, 6.45) is 17.7. The highest BCUT2D eigenvalue weighted by molar-refractivity contribution is 5.66. The molecule has 1 saturated heterocycles. The van der Waals surface area contributed by atoms with Crippen molar-refractivity contribution in [3.63, 3.8) is 0 Å². The Morgan fingerprint density at radius 3 is 1.97 bits per heavy atom. The molecule has 0 bridgehead atoms. The first-order valence-electron chi connectivity index (χ1n) is 12.1. The van der Waals surface area contributed by atoms with Crippen molar-refractivity contribution in [2.75, 3.05) is 0 Å². The molecule has 0 aromatic carbocycles. The van der Waals surface area contributed by atoms with Crippen molar-refractivity contribution in [3.8, 4) is 11.8 Å². The molecule has 0 saturated carbocycles. The zero-order chi connectivity index (χ0) is 22.1. The van der Waals surface area contributed by atoms with Crippen molar-refractivity contribution in [1.82, 2.24) is 0 Å². The van der Waals surface area contributed by atoms with Gasteiger partial charge in [-0.3, -0.25) is 9.59 Å². The molecule has 0 amide bonds. The van der Waals surface area contributed by atoms with Crippen LogP contribution in [0.25, 0.3) is 0 Å². The van der Waals surface area contributed by atoms with E-state index in [0.29, 0.717) is 19.3 Å². The van der Waals surface area contributed by atoms with Crippen LogP contribution in [0.3, 0.4) is 0 Å². The Hall–Kier alpha value is -1.54. The van der Waals surface area contributed by atoms with Gasteiger partial charge in [-0.15, -0.1) is 5.92 Å². The molecule has 1 aliphatic heterocycles. The Balaban J connectivity index is 2.22. The summed E-state index contributed by atoms with van der Waals surface area (Å²) in [4.78, 5) is 21.4. The van der Waals surface area contributed by atoms with E-state index in [0.717, 1.165) is 25.7 Å². The van der Waals surface area contributed by atoms with Crippen molar-refractivity contribution in [1.29, 1.82) is 0 Å². The number of unbranched alkanes of at least 4 members (excludes halogenated alkanes) is 11. The van der Waals surface area contributed by atoms with Gasteiger partial charge in [-0.1, -0.05) is 70.6 Å². The van der Waals surface area contributed by atoms with E-state index in [-0.39, 0.29) is 18.9 Å². The first-order chi connectivity index (χ1) is 14.5. The van der Waals surface area contributed by atoms with Gasteiger partial charge in [0.1, 0.15) is 0 Å². The predicted octanol–water partition coefficient (Wildman–Crippen LogP) is 6.34. The molecule has 2 N–H and O–H groups in total. The molecule has 0 radical (unpaired) electrons. The molecule has 30 heavy (non-hydrogen) atoms. The molecule has 172 valence electrons. The third-order valence-electron chi connectivity index (χ3n) is 5.82. The van der Waals surface area contributed by atoms with Gasteiger partial charge in [0.05, 0.1) is 6.10 Å². The molecule has 0 spiro atoms. The second-order valence-corrected chi connectivity index (χ2v) is 8.62. The Labute approximate surface area is 183 Å². The number of aliphatic carboxylic acids is 2. The lowest BCUT2D eigenvalue weighted by Crippen LogP contribution is -2.13. The molecule has 5 heteroatoms. The third kappa shape index (κ3) is 12.9. The van der Waals surface area contributed by atoms with Gasteiger partial charge in [0.25, 0.3) is 0 Å². The Kier molecular flexibility index (Phi) is 14.3. The highest BCUT2D eigenvalue weighted by Crippen LogP contribution is 2.43. The molecule has 0 aromatic rings. The fraction of sp³-hybridized carbons (Fsp3) is 0.840. The van der Waals surface area contributed by atoms with Crippen LogP contribution in [0.4, 0.5) is 0 Å². The van der Waals surface area contributed by atoms with Crippen molar-refractivity contribution in [2.24, 2.45) is 0 Å². The van der Waals surface area contributed by atoms with E-state index >= 15 is 0 Å². The van der Waals surface area contributed by atoms with Crippen LogP contribution in [0, 0.1) is 11.8 Å². The van der Waals surface area contributed by atoms with Crippen molar-refractivity contribution in [2.45, 2.75) is 134 Å². The van der Waals surface area contributed by atoms with Gasteiger partial charge in [-0.05, 0) is 38.5 Å². The maximum absolute atomic E-state index is 10.7. The van der Waals surface area contributed by atoms with Gasteiger partial charge in [-0.25, -0.2) is 0 Å². The van der Waals surface area contributed by atoms with E-state index in [2.05, 4.69) is 18.8 Å². The van der Waals surface area contributed by atoms with Gasteiger partial charge >= 0.3 is 11.9 Å². The largest absolute Gasteiger partial charge is 0.481 e. The van der Waals surface area contributed by atoms with Crippen molar-refractivity contribution >= 4 is 11.9 Å². The Morgan fingerprint density at radius 2 is 1.37 bits per heavy atom. The zero-order valence-electron chi connectivity index (χ0n) is 18.9. The number of carboxylic acids is 2. The minimum atomic E-state index is -0.783. The number of hydrogen-bond acceptors (Lipinski definition) is 3. The smallest absolute Gasteiger partial charge is 0.303 e.